The zero-order valence-corrected chi connectivity index (χ0v) is 6.28. The maximum atomic E-state index is 3.90. The van der Waals surface area contributed by atoms with E-state index in [1.165, 1.54) is 24.0 Å². The molecule has 1 atom stereocenters. The molecule has 0 N–H and O–H groups in total. The fraction of sp³-hybridized carbons (Fsp3) is 0.556. The van der Waals surface area contributed by atoms with Gasteiger partial charge in [-0.3, -0.25) is 0 Å². The van der Waals surface area contributed by atoms with Gasteiger partial charge in [0.05, 0.1) is 0 Å². The van der Waals surface area contributed by atoms with Crippen molar-refractivity contribution in [3.05, 3.63) is 23.8 Å². The zero-order chi connectivity index (χ0) is 6.85. The first kappa shape index (κ1) is 6.60. The van der Waals surface area contributed by atoms with Crippen molar-refractivity contribution < 1.29 is 0 Å². The molecule has 1 unspecified atom stereocenters. The Morgan fingerprint density at radius 1 is 1.78 bits per heavy atom. The molecule has 0 spiro atoms. The molecule has 1 rings (SSSR count). The summed E-state index contributed by atoms with van der Waals surface area (Å²) in [7, 11) is 0. The summed E-state index contributed by atoms with van der Waals surface area (Å²) in [6, 6.07) is 0. The first-order valence-corrected chi connectivity index (χ1v) is 3.56. The standard InChI is InChI=1S/C9H14/c1-7(2)9-5-4-8(3)6-9/h6,8H,1,4-5H2,2-3H3. The fourth-order valence-electron chi connectivity index (χ4n) is 1.25. The zero-order valence-electron chi connectivity index (χ0n) is 6.28. The molecule has 0 aromatic rings. The Hall–Kier alpha value is -0.520. The van der Waals surface area contributed by atoms with Crippen LogP contribution in [-0.2, 0) is 0 Å². The van der Waals surface area contributed by atoms with Crippen LogP contribution in [-0.4, -0.2) is 0 Å². The molecule has 0 aromatic heterocycles. The van der Waals surface area contributed by atoms with Gasteiger partial charge in [-0.25, -0.2) is 0 Å². The molecule has 0 nitrogen and oxygen atoms in total. The van der Waals surface area contributed by atoms with E-state index in [1.807, 2.05) is 0 Å². The lowest BCUT2D eigenvalue weighted by Gasteiger charge is -1.95. The van der Waals surface area contributed by atoms with Crippen molar-refractivity contribution in [2.24, 2.45) is 5.92 Å². The monoisotopic (exact) mass is 122 g/mol. The van der Waals surface area contributed by atoms with Gasteiger partial charge in [0.15, 0.2) is 0 Å². The third kappa shape index (κ3) is 1.44. The van der Waals surface area contributed by atoms with E-state index in [0.29, 0.717) is 0 Å². The van der Waals surface area contributed by atoms with Gasteiger partial charge in [-0.15, -0.1) is 0 Å². The van der Waals surface area contributed by atoms with E-state index in [2.05, 4.69) is 26.5 Å². The molecular formula is C9H14. The van der Waals surface area contributed by atoms with Crippen LogP contribution in [0.15, 0.2) is 23.8 Å². The summed E-state index contributed by atoms with van der Waals surface area (Å²) < 4.78 is 0. The summed E-state index contributed by atoms with van der Waals surface area (Å²) in [5.41, 5.74) is 2.72. The third-order valence-electron chi connectivity index (χ3n) is 1.90. The van der Waals surface area contributed by atoms with Gasteiger partial charge in [-0.2, -0.15) is 0 Å². The van der Waals surface area contributed by atoms with Crippen LogP contribution >= 0.6 is 0 Å². The van der Waals surface area contributed by atoms with E-state index >= 15 is 0 Å². The molecular weight excluding hydrogens is 108 g/mol. The maximum absolute atomic E-state index is 3.90. The van der Waals surface area contributed by atoms with Crippen LogP contribution in [0.25, 0.3) is 0 Å². The summed E-state index contributed by atoms with van der Waals surface area (Å²) >= 11 is 0. The summed E-state index contributed by atoms with van der Waals surface area (Å²) in [6.45, 7) is 8.25. The van der Waals surface area contributed by atoms with Gasteiger partial charge in [-0.05, 0) is 31.3 Å². The molecule has 0 aliphatic heterocycles. The van der Waals surface area contributed by atoms with Gasteiger partial charge in [0.2, 0.25) is 0 Å². The fourth-order valence-corrected chi connectivity index (χ4v) is 1.25. The number of allylic oxidation sites excluding steroid dienone is 3. The van der Waals surface area contributed by atoms with E-state index in [1.54, 1.807) is 0 Å². The Kier molecular flexibility index (Phi) is 1.75. The Morgan fingerprint density at radius 2 is 2.44 bits per heavy atom. The summed E-state index contributed by atoms with van der Waals surface area (Å²) in [5.74, 6) is 0.789. The van der Waals surface area contributed by atoms with Crippen molar-refractivity contribution in [1.82, 2.24) is 0 Å². The first-order valence-electron chi connectivity index (χ1n) is 3.56. The van der Waals surface area contributed by atoms with Gasteiger partial charge in [0.1, 0.15) is 0 Å². The second-order valence-electron chi connectivity index (χ2n) is 2.99. The lowest BCUT2D eigenvalue weighted by molar-refractivity contribution is 0.699. The van der Waals surface area contributed by atoms with Crippen LogP contribution in [0.4, 0.5) is 0 Å². The van der Waals surface area contributed by atoms with Gasteiger partial charge >= 0.3 is 0 Å². The van der Waals surface area contributed by atoms with Crippen LogP contribution in [0, 0.1) is 5.92 Å². The lowest BCUT2D eigenvalue weighted by Crippen LogP contribution is -1.77. The van der Waals surface area contributed by atoms with Crippen LogP contribution in [0.5, 0.6) is 0 Å². The minimum Gasteiger partial charge on any atom is -0.0958 e. The van der Waals surface area contributed by atoms with Crippen LogP contribution < -0.4 is 0 Å². The number of rotatable bonds is 1. The lowest BCUT2D eigenvalue weighted by atomic mass is 10.1. The number of hydrogen-bond acceptors (Lipinski definition) is 0. The van der Waals surface area contributed by atoms with Crippen LogP contribution in [0.3, 0.4) is 0 Å². The normalized spacial score (nSPS) is 26.0. The summed E-state index contributed by atoms with van der Waals surface area (Å²) in [5, 5.41) is 0. The SMILES string of the molecule is C=C(C)C1=CC(C)CC1. The molecule has 1 aliphatic carbocycles. The molecule has 9 heavy (non-hydrogen) atoms. The van der Waals surface area contributed by atoms with Crippen molar-refractivity contribution in [2.45, 2.75) is 26.7 Å². The second-order valence-corrected chi connectivity index (χ2v) is 2.99. The minimum atomic E-state index is 0.789. The van der Waals surface area contributed by atoms with Crippen molar-refractivity contribution in [3.8, 4) is 0 Å². The molecule has 0 radical (unpaired) electrons. The van der Waals surface area contributed by atoms with E-state index in [9.17, 15) is 0 Å². The molecule has 50 valence electrons. The third-order valence-corrected chi connectivity index (χ3v) is 1.90. The highest BCUT2D eigenvalue weighted by Crippen LogP contribution is 2.27. The van der Waals surface area contributed by atoms with Gasteiger partial charge < -0.3 is 0 Å². The van der Waals surface area contributed by atoms with Crippen LogP contribution in [0.1, 0.15) is 26.7 Å². The molecule has 0 aromatic carbocycles. The Morgan fingerprint density at radius 3 is 2.67 bits per heavy atom. The smallest absolute Gasteiger partial charge is 0.0253 e. The maximum Gasteiger partial charge on any atom is -0.0253 e. The van der Waals surface area contributed by atoms with E-state index in [4.69, 9.17) is 0 Å². The molecule has 0 heteroatoms. The van der Waals surface area contributed by atoms with Crippen molar-refractivity contribution >= 4 is 0 Å². The van der Waals surface area contributed by atoms with Crippen molar-refractivity contribution in [3.63, 3.8) is 0 Å². The van der Waals surface area contributed by atoms with E-state index in [0.717, 1.165) is 5.92 Å². The van der Waals surface area contributed by atoms with E-state index in [-0.39, 0.29) is 0 Å². The van der Waals surface area contributed by atoms with Gasteiger partial charge in [-0.1, -0.05) is 25.2 Å². The second kappa shape index (κ2) is 2.38. The molecule has 0 amide bonds. The first-order chi connectivity index (χ1) is 4.20. The van der Waals surface area contributed by atoms with Crippen molar-refractivity contribution in [2.75, 3.05) is 0 Å². The highest BCUT2D eigenvalue weighted by molar-refractivity contribution is 5.29. The molecule has 0 fully saturated rings. The average molecular weight is 122 g/mol. The quantitative estimate of drug-likeness (QED) is 0.501. The Labute approximate surface area is 57.3 Å². The Bertz CT molecular complexity index is 151. The number of hydrogen-bond donors (Lipinski definition) is 0. The summed E-state index contributed by atoms with van der Waals surface area (Å²) in [6.07, 6.45) is 4.90. The van der Waals surface area contributed by atoms with Crippen molar-refractivity contribution in [1.29, 1.82) is 0 Å². The largest absolute Gasteiger partial charge is 0.0958 e. The minimum absolute atomic E-state index is 0.789. The Balaban J connectivity index is 2.62. The van der Waals surface area contributed by atoms with E-state index < -0.39 is 0 Å². The highest BCUT2D eigenvalue weighted by Gasteiger charge is 2.10. The molecule has 1 aliphatic rings. The van der Waals surface area contributed by atoms with Crippen LogP contribution in [0.2, 0.25) is 0 Å². The molecule has 0 bridgehead atoms. The molecule has 0 saturated heterocycles. The van der Waals surface area contributed by atoms with Gasteiger partial charge in [0, 0.05) is 0 Å². The molecule has 0 saturated carbocycles. The predicted molar refractivity (Wildman–Crippen MR) is 41.3 cm³/mol. The topological polar surface area (TPSA) is 0 Å². The van der Waals surface area contributed by atoms with Gasteiger partial charge in [0.25, 0.3) is 0 Å². The highest BCUT2D eigenvalue weighted by atomic mass is 14.2. The summed E-state index contributed by atoms with van der Waals surface area (Å²) in [4.78, 5) is 0. The average Bonchev–Trinajstić information content (AvgIpc) is 2.14. The predicted octanol–water partition coefficient (Wildman–Crippen LogP) is 2.92. The molecule has 0 heterocycles.